The monoisotopic (exact) mass is 345 g/mol. The first kappa shape index (κ1) is 11.8. The molecule has 0 aromatic carbocycles. The standard InChI is InChI=1S/C7H6Cl2IN3O/c1-12-4-2(7(11)14)5(8)13-6(9)3(4)10/h1H3,(H2,11,14)(H,12,13). The zero-order valence-corrected chi connectivity index (χ0v) is 10.7. The van der Waals surface area contributed by atoms with Crippen molar-refractivity contribution in [1.82, 2.24) is 4.98 Å². The van der Waals surface area contributed by atoms with Gasteiger partial charge in [-0.05, 0) is 22.6 Å². The van der Waals surface area contributed by atoms with E-state index in [1.54, 1.807) is 7.05 Å². The van der Waals surface area contributed by atoms with E-state index in [-0.39, 0.29) is 15.9 Å². The number of carbonyl (C=O) groups is 1. The van der Waals surface area contributed by atoms with E-state index in [0.29, 0.717) is 9.26 Å². The van der Waals surface area contributed by atoms with Crippen molar-refractivity contribution in [3.8, 4) is 0 Å². The molecule has 1 aromatic rings. The number of nitrogens with one attached hydrogen (secondary N) is 1. The first-order chi connectivity index (χ1) is 6.49. The summed E-state index contributed by atoms with van der Waals surface area (Å²) in [4.78, 5) is 14.9. The lowest BCUT2D eigenvalue weighted by molar-refractivity contribution is 0.100. The fourth-order valence-corrected chi connectivity index (χ4v) is 2.12. The van der Waals surface area contributed by atoms with Gasteiger partial charge in [-0.3, -0.25) is 4.79 Å². The van der Waals surface area contributed by atoms with Gasteiger partial charge < -0.3 is 11.1 Å². The number of rotatable bonds is 2. The Morgan fingerprint density at radius 3 is 2.50 bits per heavy atom. The Balaban J connectivity index is 3.55. The highest BCUT2D eigenvalue weighted by Crippen LogP contribution is 2.31. The molecule has 0 bridgehead atoms. The van der Waals surface area contributed by atoms with Gasteiger partial charge in [-0.15, -0.1) is 0 Å². The van der Waals surface area contributed by atoms with Crippen LogP contribution in [0.1, 0.15) is 10.4 Å². The molecule has 1 amide bonds. The first-order valence-electron chi connectivity index (χ1n) is 3.51. The number of pyridine rings is 1. The maximum Gasteiger partial charge on any atom is 0.253 e. The summed E-state index contributed by atoms with van der Waals surface area (Å²) in [7, 11) is 1.65. The van der Waals surface area contributed by atoms with Gasteiger partial charge in [0.1, 0.15) is 15.9 Å². The zero-order valence-electron chi connectivity index (χ0n) is 7.07. The van der Waals surface area contributed by atoms with E-state index in [0.717, 1.165) is 0 Å². The summed E-state index contributed by atoms with van der Waals surface area (Å²) in [6.07, 6.45) is 0. The van der Waals surface area contributed by atoms with Crippen molar-refractivity contribution in [3.05, 3.63) is 19.4 Å². The lowest BCUT2D eigenvalue weighted by atomic mass is 10.2. The molecule has 76 valence electrons. The third-order valence-corrected chi connectivity index (χ3v) is 3.47. The topological polar surface area (TPSA) is 68.0 Å². The van der Waals surface area contributed by atoms with Crippen molar-refractivity contribution in [2.45, 2.75) is 0 Å². The lowest BCUT2D eigenvalue weighted by Gasteiger charge is -2.10. The van der Waals surface area contributed by atoms with Crippen LogP contribution in [0.5, 0.6) is 0 Å². The number of primary amides is 1. The van der Waals surface area contributed by atoms with Crippen molar-refractivity contribution < 1.29 is 4.79 Å². The highest BCUT2D eigenvalue weighted by molar-refractivity contribution is 14.1. The number of aromatic nitrogens is 1. The molecule has 1 aromatic heterocycles. The predicted molar refractivity (Wildman–Crippen MR) is 65.0 cm³/mol. The summed E-state index contributed by atoms with van der Waals surface area (Å²) in [5.41, 5.74) is 5.82. The van der Waals surface area contributed by atoms with E-state index < -0.39 is 5.91 Å². The van der Waals surface area contributed by atoms with Crippen LogP contribution in [0, 0.1) is 3.57 Å². The van der Waals surface area contributed by atoms with Crippen LogP contribution in [0.4, 0.5) is 5.69 Å². The maximum atomic E-state index is 11.1. The maximum absolute atomic E-state index is 11.1. The van der Waals surface area contributed by atoms with Gasteiger partial charge >= 0.3 is 0 Å². The van der Waals surface area contributed by atoms with Crippen LogP contribution in [-0.4, -0.2) is 17.9 Å². The smallest absolute Gasteiger partial charge is 0.253 e. The highest BCUT2D eigenvalue weighted by Gasteiger charge is 2.19. The minimum Gasteiger partial charge on any atom is -0.386 e. The molecular formula is C7H6Cl2IN3O. The van der Waals surface area contributed by atoms with E-state index in [1.165, 1.54) is 0 Å². The molecule has 0 aliphatic rings. The molecule has 0 saturated carbocycles. The molecule has 0 saturated heterocycles. The Morgan fingerprint density at radius 2 is 2.07 bits per heavy atom. The summed E-state index contributed by atoms with van der Waals surface area (Å²) in [5, 5.41) is 3.06. The minimum absolute atomic E-state index is 0.00673. The normalized spacial score (nSPS) is 10.0. The lowest BCUT2D eigenvalue weighted by Crippen LogP contribution is -2.16. The molecule has 14 heavy (non-hydrogen) atoms. The molecule has 0 fully saturated rings. The van der Waals surface area contributed by atoms with Gasteiger partial charge in [-0.2, -0.15) is 0 Å². The Kier molecular flexibility index (Phi) is 3.79. The molecule has 0 radical (unpaired) electrons. The summed E-state index contributed by atoms with van der Waals surface area (Å²) in [5.74, 6) is -0.638. The van der Waals surface area contributed by atoms with Gasteiger partial charge in [0.25, 0.3) is 5.91 Å². The third kappa shape index (κ3) is 2.04. The van der Waals surface area contributed by atoms with E-state index in [4.69, 9.17) is 28.9 Å². The van der Waals surface area contributed by atoms with Crippen molar-refractivity contribution in [2.75, 3.05) is 12.4 Å². The van der Waals surface area contributed by atoms with Crippen LogP contribution in [0.25, 0.3) is 0 Å². The van der Waals surface area contributed by atoms with Crippen LogP contribution >= 0.6 is 45.8 Å². The second-order valence-electron chi connectivity index (χ2n) is 2.37. The van der Waals surface area contributed by atoms with Crippen LogP contribution in [0.2, 0.25) is 10.3 Å². The van der Waals surface area contributed by atoms with Crippen molar-refractivity contribution in [2.24, 2.45) is 5.73 Å². The number of nitrogens with two attached hydrogens (primary N) is 1. The fourth-order valence-electron chi connectivity index (χ4n) is 0.967. The first-order valence-corrected chi connectivity index (χ1v) is 5.34. The summed E-state index contributed by atoms with van der Waals surface area (Å²) >= 11 is 13.5. The quantitative estimate of drug-likeness (QED) is 0.637. The number of hydrogen-bond donors (Lipinski definition) is 2. The third-order valence-electron chi connectivity index (χ3n) is 1.55. The fraction of sp³-hybridized carbons (Fsp3) is 0.143. The average Bonchev–Trinajstić information content (AvgIpc) is 2.09. The molecule has 7 heteroatoms. The Hall–Kier alpha value is -0.270. The molecule has 3 N–H and O–H groups in total. The Labute approximate surface area is 104 Å². The number of carbonyl (C=O) groups excluding carboxylic acids is 1. The second-order valence-corrected chi connectivity index (χ2v) is 4.17. The molecular weight excluding hydrogens is 340 g/mol. The van der Waals surface area contributed by atoms with Crippen LogP contribution in [0.15, 0.2) is 0 Å². The number of hydrogen-bond acceptors (Lipinski definition) is 3. The molecule has 0 spiro atoms. The van der Waals surface area contributed by atoms with Gasteiger partial charge in [0, 0.05) is 7.05 Å². The predicted octanol–water partition coefficient (Wildman–Crippen LogP) is 2.13. The van der Waals surface area contributed by atoms with E-state index in [2.05, 4.69) is 10.3 Å². The van der Waals surface area contributed by atoms with Crippen LogP contribution < -0.4 is 11.1 Å². The summed E-state index contributed by atoms with van der Waals surface area (Å²) in [6.45, 7) is 0. The molecule has 0 aliphatic carbocycles. The van der Waals surface area contributed by atoms with Gasteiger partial charge in [0.15, 0.2) is 0 Å². The number of halogens is 3. The van der Waals surface area contributed by atoms with Gasteiger partial charge in [0.05, 0.1) is 9.26 Å². The molecule has 0 unspecified atom stereocenters. The second kappa shape index (κ2) is 4.50. The molecule has 0 atom stereocenters. The molecule has 1 rings (SSSR count). The van der Waals surface area contributed by atoms with Gasteiger partial charge in [-0.25, -0.2) is 4.98 Å². The van der Waals surface area contributed by atoms with Crippen LogP contribution in [-0.2, 0) is 0 Å². The molecule has 1 heterocycles. The SMILES string of the molecule is CNc1c(I)c(Cl)nc(Cl)c1C(N)=O. The van der Waals surface area contributed by atoms with E-state index in [9.17, 15) is 4.79 Å². The molecule has 0 aliphatic heterocycles. The summed E-state index contributed by atoms with van der Waals surface area (Å²) < 4.78 is 0.616. The highest BCUT2D eigenvalue weighted by atomic mass is 127. The Morgan fingerprint density at radius 1 is 1.50 bits per heavy atom. The minimum atomic E-state index is -0.638. The van der Waals surface area contributed by atoms with Gasteiger partial charge in [-0.1, -0.05) is 23.2 Å². The largest absolute Gasteiger partial charge is 0.386 e. The zero-order chi connectivity index (χ0) is 10.9. The number of anilines is 1. The van der Waals surface area contributed by atoms with Gasteiger partial charge in [0.2, 0.25) is 0 Å². The van der Waals surface area contributed by atoms with E-state index >= 15 is 0 Å². The molecule has 4 nitrogen and oxygen atoms in total. The summed E-state index contributed by atoms with van der Waals surface area (Å²) in [6, 6.07) is 0. The number of amides is 1. The number of nitrogens with zero attached hydrogens (tertiary/aromatic N) is 1. The van der Waals surface area contributed by atoms with Crippen LogP contribution in [0.3, 0.4) is 0 Å². The Bertz CT molecular complexity index is 397. The van der Waals surface area contributed by atoms with Crippen molar-refractivity contribution >= 4 is 57.4 Å². The van der Waals surface area contributed by atoms with Crippen molar-refractivity contribution in [3.63, 3.8) is 0 Å². The van der Waals surface area contributed by atoms with E-state index in [1.807, 2.05) is 22.6 Å². The van der Waals surface area contributed by atoms with Crippen molar-refractivity contribution in [1.29, 1.82) is 0 Å². The average molecular weight is 346 g/mol.